The van der Waals surface area contributed by atoms with Crippen LogP contribution in [0.25, 0.3) is 0 Å². The summed E-state index contributed by atoms with van der Waals surface area (Å²) < 4.78 is 9.15. The van der Waals surface area contributed by atoms with Gasteiger partial charge in [0.15, 0.2) is 6.29 Å². The van der Waals surface area contributed by atoms with E-state index in [2.05, 4.69) is 24.4 Å². The van der Waals surface area contributed by atoms with Crippen molar-refractivity contribution in [3.8, 4) is 0 Å². The SMILES string of the molecule is COC(CO)OC.Nc1nc(N)nc(N)n1. The third-order valence-electron chi connectivity index (χ3n) is 1.36. The van der Waals surface area contributed by atoms with Gasteiger partial charge in [-0.3, -0.25) is 0 Å². The van der Waals surface area contributed by atoms with Gasteiger partial charge < -0.3 is 31.8 Å². The molecule has 0 aliphatic heterocycles. The van der Waals surface area contributed by atoms with Gasteiger partial charge in [-0.1, -0.05) is 0 Å². The molecule has 1 rings (SSSR count). The minimum absolute atomic E-state index is 0.0417. The zero-order chi connectivity index (χ0) is 12.6. The lowest BCUT2D eigenvalue weighted by Gasteiger charge is -2.07. The summed E-state index contributed by atoms with van der Waals surface area (Å²) in [5, 5.41) is 8.28. The van der Waals surface area contributed by atoms with Gasteiger partial charge in [0.25, 0.3) is 0 Å². The number of nitrogens with two attached hydrogens (primary N) is 3. The van der Waals surface area contributed by atoms with E-state index in [-0.39, 0.29) is 24.5 Å². The predicted octanol–water partition coefficient (Wildman–Crippen LogP) is -1.78. The second-order valence-electron chi connectivity index (χ2n) is 2.49. The van der Waals surface area contributed by atoms with Crippen LogP contribution in [-0.2, 0) is 9.47 Å². The number of ether oxygens (including phenoxy) is 2. The average Bonchev–Trinajstić information content (AvgIpc) is 2.19. The third kappa shape index (κ3) is 5.90. The van der Waals surface area contributed by atoms with Crippen LogP contribution in [0.5, 0.6) is 0 Å². The highest BCUT2D eigenvalue weighted by molar-refractivity contribution is 5.33. The van der Waals surface area contributed by atoms with E-state index in [1.807, 2.05) is 0 Å². The standard InChI is InChI=1S/C4H10O3.C3H6N6/c1-6-4(3-5)7-2;4-1-7-2(5)9-3(6)8-1/h4-5H,3H2,1-2H3;(H6,4,5,6,7,8,9). The average molecular weight is 232 g/mol. The molecule has 0 aliphatic rings. The first-order valence-corrected chi connectivity index (χ1v) is 4.22. The summed E-state index contributed by atoms with van der Waals surface area (Å²) >= 11 is 0. The molecule has 0 amide bonds. The van der Waals surface area contributed by atoms with Crippen LogP contribution in [0.1, 0.15) is 0 Å². The van der Waals surface area contributed by atoms with Gasteiger partial charge in [0.05, 0.1) is 6.61 Å². The molecule has 0 unspecified atom stereocenters. The highest BCUT2D eigenvalue weighted by atomic mass is 16.7. The van der Waals surface area contributed by atoms with Gasteiger partial charge in [-0.05, 0) is 0 Å². The Bertz CT molecular complexity index is 250. The van der Waals surface area contributed by atoms with E-state index >= 15 is 0 Å². The number of hydrogen-bond acceptors (Lipinski definition) is 9. The van der Waals surface area contributed by atoms with Crippen molar-refractivity contribution in [1.82, 2.24) is 15.0 Å². The highest BCUT2D eigenvalue weighted by Crippen LogP contribution is 1.97. The second-order valence-corrected chi connectivity index (χ2v) is 2.49. The second kappa shape index (κ2) is 7.56. The van der Waals surface area contributed by atoms with Gasteiger partial charge >= 0.3 is 0 Å². The normalized spacial score (nSPS) is 9.75. The van der Waals surface area contributed by atoms with E-state index in [0.29, 0.717) is 0 Å². The smallest absolute Gasteiger partial charge is 0.226 e. The van der Waals surface area contributed by atoms with E-state index < -0.39 is 6.29 Å². The van der Waals surface area contributed by atoms with Crippen molar-refractivity contribution in [2.24, 2.45) is 0 Å². The molecule has 9 heteroatoms. The van der Waals surface area contributed by atoms with Gasteiger partial charge in [0.1, 0.15) is 0 Å². The molecule has 9 nitrogen and oxygen atoms in total. The Kier molecular flexibility index (Phi) is 6.76. The molecule has 0 saturated carbocycles. The number of aliphatic hydroxyl groups excluding tert-OH is 1. The van der Waals surface area contributed by atoms with Crippen LogP contribution in [-0.4, -0.2) is 47.2 Å². The van der Waals surface area contributed by atoms with Crippen molar-refractivity contribution in [2.45, 2.75) is 6.29 Å². The van der Waals surface area contributed by atoms with Gasteiger partial charge in [0, 0.05) is 14.2 Å². The molecule has 1 aromatic heterocycles. The molecule has 0 aliphatic carbocycles. The molecular formula is C7H16N6O3. The quantitative estimate of drug-likeness (QED) is 0.442. The Morgan fingerprint density at radius 3 is 1.44 bits per heavy atom. The largest absolute Gasteiger partial charge is 0.391 e. The zero-order valence-corrected chi connectivity index (χ0v) is 9.12. The molecule has 1 heterocycles. The number of hydrogen-bond donors (Lipinski definition) is 4. The van der Waals surface area contributed by atoms with Crippen LogP contribution in [0.3, 0.4) is 0 Å². The molecule has 7 N–H and O–H groups in total. The molecule has 0 fully saturated rings. The zero-order valence-electron chi connectivity index (χ0n) is 9.12. The summed E-state index contributed by atoms with van der Waals surface area (Å²) in [7, 11) is 2.95. The third-order valence-corrected chi connectivity index (χ3v) is 1.36. The van der Waals surface area contributed by atoms with E-state index in [4.69, 9.17) is 22.3 Å². The summed E-state index contributed by atoms with van der Waals surface area (Å²) in [4.78, 5) is 10.5. The minimum Gasteiger partial charge on any atom is -0.391 e. The van der Waals surface area contributed by atoms with Crippen LogP contribution >= 0.6 is 0 Å². The number of nitrogen functional groups attached to an aromatic ring is 3. The van der Waals surface area contributed by atoms with Gasteiger partial charge in [0.2, 0.25) is 17.8 Å². The number of anilines is 3. The molecular weight excluding hydrogens is 216 g/mol. The highest BCUT2D eigenvalue weighted by Gasteiger charge is 1.98. The number of methoxy groups -OCH3 is 2. The molecule has 0 atom stereocenters. The van der Waals surface area contributed by atoms with E-state index in [1.165, 1.54) is 14.2 Å². The Hall–Kier alpha value is -1.71. The Morgan fingerprint density at radius 1 is 1.00 bits per heavy atom. The molecule has 92 valence electrons. The minimum atomic E-state index is -0.458. The van der Waals surface area contributed by atoms with Crippen molar-refractivity contribution >= 4 is 17.8 Å². The summed E-state index contributed by atoms with van der Waals surface area (Å²) in [5.41, 5.74) is 15.4. The van der Waals surface area contributed by atoms with Crippen LogP contribution in [0, 0.1) is 0 Å². The summed E-state index contributed by atoms with van der Waals surface area (Å²) in [6, 6.07) is 0. The molecule has 0 radical (unpaired) electrons. The Morgan fingerprint density at radius 2 is 1.31 bits per heavy atom. The maximum atomic E-state index is 8.28. The number of aromatic nitrogens is 3. The molecule has 0 saturated heterocycles. The number of aliphatic hydroxyl groups is 1. The first-order valence-electron chi connectivity index (χ1n) is 4.22. The Labute approximate surface area is 92.6 Å². The lowest BCUT2D eigenvalue weighted by molar-refractivity contribution is -0.127. The van der Waals surface area contributed by atoms with Gasteiger partial charge in [-0.2, -0.15) is 15.0 Å². The fraction of sp³-hybridized carbons (Fsp3) is 0.571. The summed E-state index contributed by atoms with van der Waals surface area (Å²) in [6.07, 6.45) is -0.458. The molecule has 0 spiro atoms. The first kappa shape index (κ1) is 14.3. The lowest BCUT2D eigenvalue weighted by atomic mass is 10.7. The van der Waals surface area contributed by atoms with E-state index in [1.54, 1.807) is 0 Å². The molecule has 1 aromatic rings. The van der Waals surface area contributed by atoms with Crippen LogP contribution in [0.2, 0.25) is 0 Å². The van der Waals surface area contributed by atoms with Crippen molar-refractivity contribution in [3.63, 3.8) is 0 Å². The van der Waals surface area contributed by atoms with Crippen molar-refractivity contribution in [3.05, 3.63) is 0 Å². The molecule has 0 bridgehead atoms. The maximum absolute atomic E-state index is 8.28. The van der Waals surface area contributed by atoms with Gasteiger partial charge in [-0.25, -0.2) is 0 Å². The molecule has 0 aromatic carbocycles. The van der Waals surface area contributed by atoms with Gasteiger partial charge in [-0.15, -0.1) is 0 Å². The fourth-order valence-electron chi connectivity index (χ4n) is 0.672. The number of rotatable bonds is 3. The monoisotopic (exact) mass is 232 g/mol. The molecule has 16 heavy (non-hydrogen) atoms. The maximum Gasteiger partial charge on any atom is 0.226 e. The van der Waals surface area contributed by atoms with Crippen molar-refractivity contribution in [1.29, 1.82) is 0 Å². The van der Waals surface area contributed by atoms with Crippen LogP contribution in [0.4, 0.5) is 17.8 Å². The fourth-order valence-corrected chi connectivity index (χ4v) is 0.672. The topological polar surface area (TPSA) is 155 Å². The predicted molar refractivity (Wildman–Crippen MR) is 58.0 cm³/mol. The van der Waals surface area contributed by atoms with Crippen LogP contribution < -0.4 is 17.2 Å². The van der Waals surface area contributed by atoms with Crippen LogP contribution in [0.15, 0.2) is 0 Å². The van der Waals surface area contributed by atoms with Crippen molar-refractivity contribution in [2.75, 3.05) is 38.0 Å². The first-order chi connectivity index (χ1) is 7.53. The summed E-state index contributed by atoms with van der Waals surface area (Å²) in [5.74, 6) is 0.125. The number of nitrogens with zero attached hydrogens (tertiary/aromatic N) is 3. The summed E-state index contributed by atoms with van der Waals surface area (Å²) in [6.45, 7) is -0.0903. The van der Waals surface area contributed by atoms with E-state index in [0.717, 1.165) is 0 Å². The lowest BCUT2D eigenvalue weighted by Crippen LogP contribution is -2.16. The Balaban J connectivity index is 0.000000293. The van der Waals surface area contributed by atoms with Crippen molar-refractivity contribution < 1.29 is 14.6 Å². The van der Waals surface area contributed by atoms with E-state index in [9.17, 15) is 0 Å².